The zero-order valence-electron chi connectivity index (χ0n) is 10.3. The average molecular weight is 232 g/mol. The van der Waals surface area contributed by atoms with Gasteiger partial charge in [-0.3, -0.25) is 0 Å². The largest absolute Gasteiger partial charge is 0.393 e. The summed E-state index contributed by atoms with van der Waals surface area (Å²) in [6.07, 6.45) is 5.55. The van der Waals surface area contributed by atoms with Crippen molar-refractivity contribution in [3.05, 3.63) is 30.5 Å². The van der Waals surface area contributed by atoms with Gasteiger partial charge in [0.1, 0.15) is 5.82 Å². The van der Waals surface area contributed by atoms with Gasteiger partial charge in [0.15, 0.2) is 0 Å². The molecule has 1 aromatic heterocycles. The Morgan fingerprint density at radius 3 is 2.65 bits per heavy atom. The van der Waals surface area contributed by atoms with Crippen molar-refractivity contribution in [1.82, 2.24) is 4.98 Å². The Kier molecular flexibility index (Phi) is 3.79. The summed E-state index contributed by atoms with van der Waals surface area (Å²) < 4.78 is 0. The topological polar surface area (TPSA) is 36.4 Å². The van der Waals surface area contributed by atoms with E-state index in [-0.39, 0.29) is 6.10 Å². The van der Waals surface area contributed by atoms with Crippen molar-refractivity contribution in [2.45, 2.75) is 25.9 Å². The molecule has 0 bridgehead atoms. The number of piperidine rings is 1. The molecule has 0 aromatic carbocycles. The molecule has 1 aliphatic heterocycles. The second-order valence-corrected chi connectivity index (χ2v) is 4.72. The number of aromatic nitrogens is 1. The van der Waals surface area contributed by atoms with Gasteiger partial charge in [-0.1, -0.05) is 12.7 Å². The van der Waals surface area contributed by atoms with E-state index >= 15 is 0 Å². The van der Waals surface area contributed by atoms with E-state index < -0.39 is 0 Å². The van der Waals surface area contributed by atoms with Crippen LogP contribution < -0.4 is 4.90 Å². The van der Waals surface area contributed by atoms with Crippen molar-refractivity contribution >= 4 is 11.9 Å². The Morgan fingerprint density at radius 1 is 1.47 bits per heavy atom. The lowest BCUT2D eigenvalue weighted by atomic mass is 9.92. The maximum absolute atomic E-state index is 9.56. The van der Waals surface area contributed by atoms with Gasteiger partial charge in [0.2, 0.25) is 0 Å². The normalized spacial score (nSPS) is 19.1. The predicted molar refractivity (Wildman–Crippen MR) is 70.9 cm³/mol. The molecule has 1 aliphatic rings. The maximum atomic E-state index is 9.56. The fraction of sp³-hybridized carbons (Fsp3) is 0.500. The van der Waals surface area contributed by atoms with E-state index in [1.54, 1.807) is 6.08 Å². The minimum Gasteiger partial charge on any atom is -0.393 e. The molecule has 0 saturated carbocycles. The number of anilines is 1. The van der Waals surface area contributed by atoms with E-state index in [1.165, 1.54) is 0 Å². The first-order valence-electron chi connectivity index (χ1n) is 6.22. The third-order valence-electron chi connectivity index (χ3n) is 3.55. The molecule has 0 spiro atoms. The van der Waals surface area contributed by atoms with Crippen LogP contribution in [0.2, 0.25) is 0 Å². The van der Waals surface area contributed by atoms with E-state index in [1.807, 2.05) is 25.3 Å². The first-order valence-corrected chi connectivity index (χ1v) is 6.22. The van der Waals surface area contributed by atoms with Crippen LogP contribution in [0.25, 0.3) is 6.08 Å². The van der Waals surface area contributed by atoms with Crippen molar-refractivity contribution in [3.63, 3.8) is 0 Å². The third kappa shape index (κ3) is 2.86. The van der Waals surface area contributed by atoms with Crippen LogP contribution in [0.1, 0.15) is 25.3 Å². The number of hydrogen-bond acceptors (Lipinski definition) is 3. The SMILES string of the molecule is C=Cc1ccc(N2CCC(C(C)O)CC2)nc1. The molecule has 1 atom stereocenters. The van der Waals surface area contributed by atoms with Crippen LogP contribution in [0, 0.1) is 5.92 Å². The molecule has 0 radical (unpaired) electrons. The van der Waals surface area contributed by atoms with E-state index in [2.05, 4.69) is 16.5 Å². The van der Waals surface area contributed by atoms with Crippen LogP contribution in [-0.2, 0) is 0 Å². The fourth-order valence-electron chi connectivity index (χ4n) is 2.32. The van der Waals surface area contributed by atoms with E-state index in [4.69, 9.17) is 0 Å². The summed E-state index contributed by atoms with van der Waals surface area (Å²) in [6.45, 7) is 7.57. The molecule has 0 amide bonds. The van der Waals surface area contributed by atoms with Crippen LogP contribution in [-0.4, -0.2) is 29.3 Å². The van der Waals surface area contributed by atoms with Gasteiger partial charge in [-0.15, -0.1) is 0 Å². The molecular formula is C14H20N2O. The first kappa shape index (κ1) is 12.1. The minimum absolute atomic E-state index is 0.187. The van der Waals surface area contributed by atoms with Crippen LogP contribution in [0.4, 0.5) is 5.82 Å². The van der Waals surface area contributed by atoms with E-state index in [0.29, 0.717) is 5.92 Å². The summed E-state index contributed by atoms with van der Waals surface area (Å²) in [5.74, 6) is 1.47. The molecule has 1 unspecified atom stereocenters. The molecule has 1 fully saturated rings. The Morgan fingerprint density at radius 2 is 2.18 bits per heavy atom. The molecule has 2 heterocycles. The van der Waals surface area contributed by atoms with Gasteiger partial charge in [-0.05, 0) is 43.4 Å². The molecule has 1 aromatic rings. The number of rotatable bonds is 3. The molecule has 17 heavy (non-hydrogen) atoms. The zero-order valence-corrected chi connectivity index (χ0v) is 10.3. The maximum Gasteiger partial charge on any atom is 0.128 e. The van der Waals surface area contributed by atoms with Crippen molar-refractivity contribution < 1.29 is 5.11 Å². The number of aliphatic hydroxyl groups is 1. The highest BCUT2D eigenvalue weighted by molar-refractivity contribution is 5.49. The number of pyridine rings is 1. The van der Waals surface area contributed by atoms with Gasteiger partial charge in [-0.2, -0.15) is 0 Å². The van der Waals surface area contributed by atoms with Gasteiger partial charge >= 0.3 is 0 Å². The predicted octanol–water partition coefficient (Wildman–Crippen LogP) is 2.32. The second-order valence-electron chi connectivity index (χ2n) is 4.72. The highest BCUT2D eigenvalue weighted by Crippen LogP contribution is 2.24. The lowest BCUT2D eigenvalue weighted by Gasteiger charge is -2.34. The van der Waals surface area contributed by atoms with Gasteiger partial charge < -0.3 is 10.0 Å². The molecule has 1 N–H and O–H groups in total. The number of nitrogens with zero attached hydrogens (tertiary/aromatic N) is 2. The Labute approximate surface area is 103 Å². The number of hydrogen-bond donors (Lipinski definition) is 1. The van der Waals surface area contributed by atoms with Crippen LogP contribution >= 0.6 is 0 Å². The quantitative estimate of drug-likeness (QED) is 0.869. The van der Waals surface area contributed by atoms with Gasteiger partial charge in [-0.25, -0.2) is 4.98 Å². The Hall–Kier alpha value is -1.35. The van der Waals surface area contributed by atoms with Gasteiger partial charge in [0, 0.05) is 19.3 Å². The summed E-state index contributed by atoms with van der Waals surface area (Å²) in [7, 11) is 0. The van der Waals surface area contributed by atoms with Crippen molar-refractivity contribution in [3.8, 4) is 0 Å². The Bertz CT molecular complexity index is 364. The van der Waals surface area contributed by atoms with Gasteiger partial charge in [0.05, 0.1) is 6.10 Å². The van der Waals surface area contributed by atoms with E-state index in [0.717, 1.165) is 37.3 Å². The molecular weight excluding hydrogens is 212 g/mol. The third-order valence-corrected chi connectivity index (χ3v) is 3.55. The molecule has 0 aliphatic carbocycles. The average Bonchev–Trinajstić information content (AvgIpc) is 2.39. The highest BCUT2D eigenvalue weighted by Gasteiger charge is 2.23. The lowest BCUT2D eigenvalue weighted by molar-refractivity contribution is 0.110. The van der Waals surface area contributed by atoms with Crippen LogP contribution in [0.5, 0.6) is 0 Å². The summed E-state index contributed by atoms with van der Waals surface area (Å²) >= 11 is 0. The molecule has 2 rings (SSSR count). The first-order chi connectivity index (χ1) is 8.20. The van der Waals surface area contributed by atoms with Crippen molar-refractivity contribution in [1.29, 1.82) is 0 Å². The van der Waals surface area contributed by atoms with Crippen LogP contribution in [0.3, 0.4) is 0 Å². The summed E-state index contributed by atoms with van der Waals surface area (Å²) in [5, 5.41) is 9.56. The van der Waals surface area contributed by atoms with Gasteiger partial charge in [0.25, 0.3) is 0 Å². The number of aliphatic hydroxyl groups excluding tert-OH is 1. The summed E-state index contributed by atoms with van der Waals surface area (Å²) in [4.78, 5) is 6.72. The van der Waals surface area contributed by atoms with E-state index in [9.17, 15) is 5.11 Å². The fourth-order valence-corrected chi connectivity index (χ4v) is 2.32. The smallest absolute Gasteiger partial charge is 0.128 e. The second kappa shape index (κ2) is 5.32. The summed E-state index contributed by atoms with van der Waals surface area (Å²) in [6, 6.07) is 4.08. The molecule has 3 heteroatoms. The minimum atomic E-state index is -0.187. The Balaban J connectivity index is 1.97. The lowest BCUT2D eigenvalue weighted by Crippen LogP contribution is -2.37. The van der Waals surface area contributed by atoms with Crippen molar-refractivity contribution in [2.24, 2.45) is 5.92 Å². The molecule has 92 valence electrons. The summed E-state index contributed by atoms with van der Waals surface area (Å²) in [5.41, 5.74) is 1.05. The zero-order chi connectivity index (χ0) is 12.3. The molecule has 3 nitrogen and oxygen atoms in total. The van der Waals surface area contributed by atoms with Crippen molar-refractivity contribution in [2.75, 3.05) is 18.0 Å². The molecule has 1 saturated heterocycles. The highest BCUT2D eigenvalue weighted by atomic mass is 16.3. The standard InChI is InChI=1S/C14H20N2O/c1-3-12-4-5-14(15-10-12)16-8-6-13(7-9-16)11(2)17/h3-5,10-11,13,17H,1,6-9H2,2H3. The monoisotopic (exact) mass is 232 g/mol. The van der Waals surface area contributed by atoms with Crippen LogP contribution in [0.15, 0.2) is 24.9 Å².